The van der Waals surface area contributed by atoms with Gasteiger partial charge in [-0.3, -0.25) is 4.79 Å². The summed E-state index contributed by atoms with van der Waals surface area (Å²) in [6.45, 7) is 0. The molecule has 0 aliphatic heterocycles. The number of benzene rings is 2. The molecule has 2 aromatic carbocycles. The van der Waals surface area contributed by atoms with Crippen molar-refractivity contribution in [2.24, 2.45) is 0 Å². The van der Waals surface area contributed by atoms with Crippen molar-refractivity contribution in [3.05, 3.63) is 65.2 Å². The number of carbonyl (C=O) groups is 2. The van der Waals surface area contributed by atoms with Crippen LogP contribution in [-0.2, 0) is 17.6 Å². The smallest absolute Gasteiger partial charge is 0.377 e. The van der Waals surface area contributed by atoms with Crippen molar-refractivity contribution in [2.75, 3.05) is 5.73 Å². The maximum Gasteiger partial charge on any atom is 0.377 e. The van der Waals surface area contributed by atoms with Crippen molar-refractivity contribution in [3.8, 4) is 0 Å². The third kappa shape index (κ3) is 3.23. The van der Waals surface area contributed by atoms with E-state index in [0.29, 0.717) is 0 Å². The molecule has 2 rings (SSSR count). The first-order chi connectivity index (χ1) is 9.58. The van der Waals surface area contributed by atoms with Crippen LogP contribution in [0.5, 0.6) is 0 Å². The van der Waals surface area contributed by atoms with Crippen molar-refractivity contribution in [1.82, 2.24) is 0 Å². The van der Waals surface area contributed by atoms with Crippen LogP contribution in [-0.4, -0.2) is 16.9 Å². The van der Waals surface area contributed by atoms with Gasteiger partial charge in [0.2, 0.25) is 0 Å². The lowest BCUT2D eigenvalue weighted by molar-refractivity contribution is -0.131. The summed E-state index contributed by atoms with van der Waals surface area (Å²) in [6, 6.07) is 14.9. The number of nitrogen functional groups attached to an aromatic ring is 1. The number of hydrogen-bond donors (Lipinski definition) is 2. The van der Waals surface area contributed by atoms with Gasteiger partial charge in [-0.2, -0.15) is 0 Å². The van der Waals surface area contributed by atoms with Crippen molar-refractivity contribution in [2.45, 2.75) is 12.8 Å². The average Bonchev–Trinajstić information content (AvgIpc) is 2.45. The summed E-state index contributed by atoms with van der Waals surface area (Å²) in [4.78, 5) is 22.0. The number of carbonyl (C=O) groups excluding carboxylic acids is 1. The number of carboxylic acid groups (broad SMARTS) is 1. The number of hydrogen-bond acceptors (Lipinski definition) is 3. The Labute approximate surface area is 116 Å². The second-order valence-electron chi connectivity index (χ2n) is 4.54. The molecule has 4 heteroatoms. The van der Waals surface area contributed by atoms with Crippen LogP contribution >= 0.6 is 0 Å². The largest absolute Gasteiger partial charge is 0.475 e. The fourth-order valence-corrected chi connectivity index (χ4v) is 2.02. The molecule has 0 bridgehead atoms. The van der Waals surface area contributed by atoms with E-state index in [2.05, 4.69) is 0 Å². The lowest BCUT2D eigenvalue weighted by Gasteiger charge is -2.06. The van der Waals surface area contributed by atoms with Crippen LogP contribution in [0.15, 0.2) is 48.5 Å². The van der Waals surface area contributed by atoms with Gasteiger partial charge in [0.05, 0.1) is 5.56 Å². The molecule has 0 aliphatic rings. The van der Waals surface area contributed by atoms with Gasteiger partial charge in [0.15, 0.2) is 0 Å². The lowest BCUT2D eigenvalue weighted by Crippen LogP contribution is -2.14. The van der Waals surface area contributed by atoms with Crippen LogP contribution in [0.25, 0.3) is 0 Å². The highest BCUT2D eigenvalue weighted by atomic mass is 16.4. The zero-order valence-electron chi connectivity index (χ0n) is 10.9. The summed E-state index contributed by atoms with van der Waals surface area (Å²) in [5.74, 6) is -2.47. The van der Waals surface area contributed by atoms with E-state index in [9.17, 15) is 9.59 Å². The van der Waals surface area contributed by atoms with E-state index in [4.69, 9.17) is 10.8 Å². The van der Waals surface area contributed by atoms with Gasteiger partial charge in [-0.05, 0) is 36.1 Å². The van der Waals surface area contributed by atoms with Crippen LogP contribution in [0, 0.1) is 0 Å². The van der Waals surface area contributed by atoms with Crippen LogP contribution in [0.2, 0.25) is 0 Å². The number of Topliss-reactive ketones (excluding diaryl/α,β-unsaturated/α-hetero) is 1. The van der Waals surface area contributed by atoms with Crippen LogP contribution in [0.3, 0.4) is 0 Å². The van der Waals surface area contributed by atoms with E-state index in [0.717, 1.165) is 18.4 Å². The summed E-state index contributed by atoms with van der Waals surface area (Å²) in [5, 5.41) is 8.68. The lowest BCUT2D eigenvalue weighted by atomic mass is 10.0. The summed E-state index contributed by atoms with van der Waals surface area (Å²) < 4.78 is 0. The second kappa shape index (κ2) is 6.02. The molecule has 0 radical (unpaired) electrons. The van der Waals surface area contributed by atoms with Crippen LogP contribution < -0.4 is 5.73 Å². The minimum absolute atomic E-state index is 0.0426. The third-order valence-electron chi connectivity index (χ3n) is 3.10. The molecule has 0 aromatic heterocycles. The molecule has 4 nitrogen and oxygen atoms in total. The van der Waals surface area contributed by atoms with Crippen LogP contribution in [0.4, 0.5) is 5.69 Å². The van der Waals surface area contributed by atoms with Crippen molar-refractivity contribution in [1.29, 1.82) is 0 Å². The monoisotopic (exact) mass is 269 g/mol. The molecular formula is C16H15NO3. The molecule has 0 spiro atoms. The minimum atomic E-state index is -1.49. The van der Waals surface area contributed by atoms with E-state index in [-0.39, 0.29) is 11.3 Å². The molecule has 2 aromatic rings. The summed E-state index contributed by atoms with van der Waals surface area (Å²) in [7, 11) is 0. The molecule has 20 heavy (non-hydrogen) atoms. The number of ketones is 1. The Morgan fingerprint density at radius 3 is 2.20 bits per heavy atom. The number of nitrogens with two attached hydrogens (primary N) is 1. The molecule has 0 unspecified atom stereocenters. The molecule has 0 heterocycles. The number of anilines is 1. The molecule has 0 atom stereocenters. The van der Waals surface area contributed by atoms with Gasteiger partial charge in [-0.25, -0.2) is 4.79 Å². The Morgan fingerprint density at radius 1 is 0.950 bits per heavy atom. The van der Waals surface area contributed by atoms with Gasteiger partial charge in [0.1, 0.15) is 0 Å². The number of aliphatic carboxylic acids is 1. The third-order valence-corrected chi connectivity index (χ3v) is 3.10. The van der Waals surface area contributed by atoms with Crippen molar-refractivity contribution < 1.29 is 14.7 Å². The molecule has 0 fully saturated rings. The van der Waals surface area contributed by atoms with E-state index >= 15 is 0 Å². The van der Waals surface area contributed by atoms with Gasteiger partial charge >= 0.3 is 5.97 Å². The maximum atomic E-state index is 11.4. The molecule has 0 amide bonds. The highest BCUT2D eigenvalue weighted by Gasteiger charge is 2.17. The topological polar surface area (TPSA) is 80.4 Å². The first kappa shape index (κ1) is 13.8. The van der Waals surface area contributed by atoms with E-state index in [1.165, 1.54) is 11.6 Å². The Balaban J connectivity index is 2.10. The number of carboxylic acids is 1. The Morgan fingerprint density at radius 2 is 1.60 bits per heavy atom. The van der Waals surface area contributed by atoms with Crippen molar-refractivity contribution in [3.63, 3.8) is 0 Å². The molecule has 0 saturated carbocycles. The Bertz CT molecular complexity index is 635. The Hall–Kier alpha value is -2.62. The first-order valence-corrected chi connectivity index (χ1v) is 6.28. The summed E-state index contributed by atoms with van der Waals surface area (Å²) in [6.07, 6.45) is 1.66. The van der Waals surface area contributed by atoms with Crippen molar-refractivity contribution >= 4 is 17.4 Å². The van der Waals surface area contributed by atoms with Gasteiger partial charge in [0, 0.05) is 5.69 Å². The highest BCUT2D eigenvalue weighted by molar-refractivity contribution is 6.41. The van der Waals surface area contributed by atoms with E-state index < -0.39 is 11.8 Å². The number of rotatable bonds is 5. The van der Waals surface area contributed by atoms with E-state index in [1.54, 1.807) is 12.1 Å². The Kier molecular flexibility index (Phi) is 4.15. The van der Waals surface area contributed by atoms with Gasteiger partial charge in [-0.1, -0.05) is 36.4 Å². The SMILES string of the molecule is Nc1cc(CCc2ccccc2)ccc1C(=O)C(=O)O. The van der Waals surface area contributed by atoms with Gasteiger partial charge in [0.25, 0.3) is 5.78 Å². The summed E-state index contributed by atoms with van der Waals surface area (Å²) in [5.41, 5.74) is 8.20. The first-order valence-electron chi connectivity index (χ1n) is 6.28. The van der Waals surface area contributed by atoms with Gasteiger partial charge in [-0.15, -0.1) is 0 Å². The van der Waals surface area contributed by atoms with Gasteiger partial charge < -0.3 is 10.8 Å². The number of aryl methyl sites for hydroxylation is 2. The molecule has 0 saturated heterocycles. The predicted molar refractivity (Wildman–Crippen MR) is 76.7 cm³/mol. The summed E-state index contributed by atoms with van der Waals surface area (Å²) >= 11 is 0. The zero-order valence-corrected chi connectivity index (χ0v) is 10.9. The fraction of sp³-hybridized carbons (Fsp3) is 0.125. The van der Waals surface area contributed by atoms with Crippen LogP contribution in [0.1, 0.15) is 21.5 Å². The normalized spacial score (nSPS) is 10.2. The molecule has 102 valence electrons. The fourth-order valence-electron chi connectivity index (χ4n) is 2.02. The predicted octanol–water partition coefficient (Wildman–Crippen LogP) is 2.32. The second-order valence-corrected chi connectivity index (χ2v) is 4.54. The molecular weight excluding hydrogens is 254 g/mol. The highest BCUT2D eigenvalue weighted by Crippen LogP contribution is 2.17. The maximum absolute atomic E-state index is 11.4. The molecule has 0 aliphatic carbocycles. The van der Waals surface area contributed by atoms with E-state index in [1.807, 2.05) is 30.3 Å². The quantitative estimate of drug-likeness (QED) is 0.496. The zero-order chi connectivity index (χ0) is 14.5. The molecule has 3 N–H and O–H groups in total. The standard InChI is InChI=1S/C16H15NO3/c17-14-10-12(7-6-11-4-2-1-3-5-11)8-9-13(14)15(18)16(19)20/h1-5,8-10H,6-7,17H2,(H,19,20). The average molecular weight is 269 g/mol. The minimum Gasteiger partial charge on any atom is -0.475 e.